The lowest BCUT2D eigenvalue weighted by molar-refractivity contribution is 1.10. The van der Waals surface area contributed by atoms with Crippen LogP contribution in [0.1, 0.15) is 11.4 Å². The van der Waals surface area contributed by atoms with Gasteiger partial charge in [0.15, 0.2) is 5.65 Å². The van der Waals surface area contributed by atoms with Crippen molar-refractivity contribution in [3.05, 3.63) is 78.8 Å². The minimum Gasteiger partial charge on any atom is -0.265 e. The number of rotatable bonds is 3. The number of pyridine rings is 4. The fourth-order valence-electron chi connectivity index (χ4n) is 3.50. The van der Waals surface area contributed by atoms with Gasteiger partial charge in [-0.15, -0.1) is 0 Å². The second-order valence-electron chi connectivity index (χ2n) is 6.96. The van der Waals surface area contributed by atoms with Crippen molar-refractivity contribution < 1.29 is 0 Å². The smallest absolute Gasteiger partial charge is 0.156 e. The van der Waals surface area contributed by atoms with Gasteiger partial charge in [-0.25, -0.2) is 4.98 Å². The number of aryl methyl sites for hydroxylation is 2. The molecular weight excluding hydrogens is 360 g/mol. The summed E-state index contributed by atoms with van der Waals surface area (Å²) in [7, 11) is 0. The van der Waals surface area contributed by atoms with E-state index in [1.165, 1.54) is 0 Å². The molecule has 0 fully saturated rings. The van der Waals surface area contributed by atoms with Crippen LogP contribution in [0.5, 0.6) is 0 Å². The molecule has 5 aromatic heterocycles. The highest BCUT2D eigenvalue weighted by molar-refractivity contribution is 6.05. The van der Waals surface area contributed by atoms with Crippen molar-refractivity contribution in [3.8, 4) is 33.5 Å². The van der Waals surface area contributed by atoms with Gasteiger partial charge in [-0.3, -0.25) is 20.1 Å². The van der Waals surface area contributed by atoms with E-state index in [4.69, 9.17) is 4.98 Å². The Bertz CT molecular complexity index is 1290. The minimum absolute atomic E-state index is 0.731. The molecule has 0 aliphatic heterocycles. The fraction of sp³-hybridized carbons (Fsp3) is 0.0870. The van der Waals surface area contributed by atoms with E-state index < -0.39 is 0 Å². The van der Waals surface area contributed by atoms with Crippen LogP contribution < -0.4 is 0 Å². The van der Waals surface area contributed by atoms with Gasteiger partial charge in [0.2, 0.25) is 0 Å². The normalized spacial score (nSPS) is 11.1. The Hall–Kier alpha value is -3.93. The Morgan fingerprint density at radius 3 is 2.03 bits per heavy atom. The van der Waals surface area contributed by atoms with Crippen LogP contribution in [0.25, 0.3) is 44.5 Å². The van der Waals surface area contributed by atoms with Crippen LogP contribution in [0.2, 0.25) is 0 Å². The van der Waals surface area contributed by atoms with Gasteiger partial charge in [0.05, 0.1) is 11.9 Å². The zero-order valence-corrected chi connectivity index (χ0v) is 16.1. The number of nitrogens with zero attached hydrogens (tertiary/aromatic N) is 5. The van der Waals surface area contributed by atoms with Crippen molar-refractivity contribution >= 4 is 11.0 Å². The van der Waals surface area contributed by atoms with Gasteiger partial charge >= 0.3 is 0 Å². The Kier molecular flexibility index (Phi) is 4.09. The van der Waals surface area contributed by atoms with Crippen LogP contribution in [0.4, 0.5) is 0 Å². The van der Waals surface area contributed by atoms with E-state index in [1.807, 2.05) is 56.7 Å². The summed E-state index contributed by atoms with van der Waals surface area (Å²) >= 11 is 0. The minimum atomic E-state index is 0.731. The van der Waals surface area contributed by atoms with Crippen molar-refractivity contribution in [3.63, 3.8) is 0 Å². The van der Waals surface area contributed by atoms with Crippen molar-refractivity contribution in [2.75, 3.05) is 0 Å². The number of aromatic amines is 1. The average Bonchev–Trinajstić information content (AvgIpc) is 3.23. The van der Waals surface area contributed by atoms with Crippen LogP contribution >= 0.6 is 0 Å². The lowest BCUT2D eigenvalue weighted by Crippen LogP contribution is -1.97. The van der Waals surface area contributed by atoms with E-state index in [0.717, 1.165) is 55.9 Å². The molecule has 1 N–H and O–H groups in total. The third-order valence-corrected chi connectivity index (χ3v) is 4.95. The van der Waals surface area contributed by atoms with Crippen LogP contribution in [0, 0.1) is 13.8 Å². The Labute approximate surface area is 167 Å². The maximum absolute atomic E-state index is 4.92. The second-order valence-corrected chi connectivity index (χ2v) is 6.96. The van der Waals surface area contributed by atoms with Crippen LogP contribution in [-0.4, -0.2) is 30.1 Å². The monoisotopic (exact) mass is 378 g/mol. The van der Waals surface area contributed by atoms with E-state index >= 15 is 0 Å². The quantitative estimate of drug-likeness (QED) is 0.489. The lowest BCUT2D eigenvalue weighted by Gasteiger charge is -2.16. The van der Waals surface area contributed by atoms with E-state index in [1.54, 1.807) is 12.4 Å². The molecule has 0 aliphatic carbocycles. The van der Waals surface area contributed by atoms with E-state index in [0.29, 0.717) is 0 Å². The van der Waals surface area contributed by atoms with E-state index in [-0.39, 0.29) is 0 Å². The van der Waals surface area contributed by atoms with Crippen molar-refractivity contribution in [2.45, 2.75) is 13.8 Å². The van der Waals surface area contributed by atoms with Gasteiger partial charge in [-0.05, 0) is 49.7 Å². The third-order valence-electron chi connectivity index (χ3n) is 4.95. The molecule has 0 unspecified atom stereocenters. The summed E-state index contributed by atoms with van der Waals surface area (Å²) < 4.78 is 0. The summed E-state index contributed by atoms with van der Waals surface area (Å²) in [6, 6.07) is 12.2. The van der Waals surface area contributed by atoms with Crippen LogP contribution in [0.15, 0.2) is 67.4 Å². The first-order valence-electron chi connectivity index (χ1n) is 9.34. The first-order chi connectivity index (χ1) is 14.2. The Morgan fingerprint density at radius 1 is 0.690 bits per heavy atom. The molecule has 0 saturated heterocycles. The van der Waals surface area contributed by atoms with Crippen molar-refractivity contribution in [1.29, 1.82) is 0 Å². The Morgan fingerprint density at radius 2 is 1.38 bits per heavy atom. The molecule has 5 heterocycles. The predicted octanol–water partition coefficient (Wildman–Crippen LogP) is 4.76. The largest absolute Gasteiger partial charge is 0.265 e. The molecule has 5 rings (SSSR count). The molecule has 0 saturated carbocycles. The number of hydrogen-bond donors (Lipinski definition) is 1. The number of H-pyrrole nitrogens is 1. The van der Waals surface area contributed by atoms with Crippen molar-refractivity contribution in [2.24, 2.45) is 0 Å². The molecule has 140 valence electrons. The topological polar surface area (TPSA) is 80.2 Å². The van der Waals surface area contributed by atoms with Gasteiger partial charge < -0.3 is 0 Å². The van der Waals surface area contributed by atoms with E-state index in [9.17, 15) is 0 Å². The zero-order valence-electron chi connectivity index (χ0n) is 16.1. The summed E-state index contributed by atoms with van der Waals surface area (Å²) in [5.41, 5.74) is 8.55. The summed E-state index contributed by atoms with van der Waals surface area (Å²) in [5, 5.41) is 8.23. The molecule has 5 aromatic rings. The highest BCUT2D eigenvalue weighted by atomic mass is 15.1. The average molecular weight is 378 g/mol. The Balaban J connectivity index is 1.92. The summed E-state index contributed by atoms with van der Waals surface area (Å²) in [6.45, 7) is 3.96. The molecule has 0 radical (unpaired) electrons. The first kappa shape index (κ1) is 17.2. The maximum Gasteiger partial charge on any atom is 0.156 e. The molecule has 6 nitrogen and oxygen atoms in total. The predicted molar refractivity (Wildman–Crippen MR) is 113 cm³/mol. The SMILES string of the molecule is Cc1ccc(-c2nc3[nH]ncc3c(-c3ccc(C)nc3)c2-c2ccncc2)cn1. The molecule has 0 atom stereocenters. The van der Waals surface area contributed by atoms with Gasteiger partial charge in [0, 0.05) is 63.8 Å². The number of aromatic nitrogens is 6. The number of nitrogens with one attached hydrogen (secondary N) is 1. The van der Waals surface area contributed by atoms with Gasteiger partial charge in [0.25, 0.3) is 0 Å². The maximum atomic E-state index is 4.92. The first-order valence-corrected chi connectivity index (χ1v) is 9.34. The standard InChI is InChI=1S/C23H18N6/c1-14-3-5-17(11-25-14)20-19-13-27-29-23(19)28-22(18-6-4-15(2)26-12-18)21(20)16-7-9-24-10-8-16/h3-13H,1-2H3,(H,27,28,29). The highest BCUT2D eigenvalue weighted by Gasteiger charge is 2.21. The highest BCUT2D eigenvalue weighted by Crippen LogP contribution is 2.42. The number of hydrogen-bond acceptors (Lipinski definition) is 5. The summed E-state index contributed by atoms with van der Waals surface area (Å²) in [6.07, 6.45) is 9.17. The molecule has 29 heavy (non-hydrogen) atoms. The third kappa shape index (κ3) is 3.04. The van der Waals surface area contributed by atoms with Crippen LogP contribution in [-0.2, 0) is 0 Å². The zero-order chi connectivity index (χ0) is 19.8. The summed E-state index contributed by atoms with van der Waals surface area (Å²) in [5.74, 6) is 0. The van der Waals surface area contributed by atoms with Crippen molar-refractivity contribution in [1.82, 2.24) is 30.1 Å². The molecule has 0 spiro atoms. The van der Waals surface area contributed by atoms with Crippen LogP contribution in [0.3, 0.4) is 0 Å². The molecule has 0 aromatic carbocycles. The molecule has 0 bridgehead atoms. The van der Waals surface area contributed by atoms with Gasteiger partial charge in [-0.1, -0.05) is 6.07 Å². The van der Waals surface area contributed by atoms with Gasteiger partial charge in [0.1, 0.15) is 0 Å². The summed E-state index contributed by atoms with van der Waals surface area (Å²) in [4.78, 5) is 18.1. The fourth-order valence-corrected chi connectivity index (χ4v) is 3.50. The van der Waals surface area contributed by atoms with E-state index in [2.05, 4.69) is 37.3 Å². The molecule has 0 amide bonds. The molecule has 6 heteroatoms. The number of fused-ring (bicyclic) bond motifs is 1. The molecule has 0 aliphatic rings. The molecular formula is C23H18N6. The second kappa shape index (κ2) is 6.91. The van der Waals surface area contributed by atoms with Gasteiger partial charge in [-0.2, -0.15) is 5.10 Å². The lowest BCUT2D eigenvalue weighted by atomic mass is 9.90.